The van der Waals surface area contributed by atoms with Gasteiger partial charge in [-0.3, -0.25) is 4.99 Å². The van der Waals surface area contributed by atoms with Gasteiger partial charge in [0.05, 0.1) is 16.8 Å². The van der Waals surface area contributed by atoms with Crippen LogP contribution in [-0.2, 0) is 0 Å². The standard InChI is InChI=1S/C9H9NS/c1-7-3-2-4-8-9(5-7)11-6-10-8/h3-6,8-9H,1H3. The molecule has 1 aliphatic heterocycles. The molecule has 1 heterocycles. The van der Waals surface area contributed by atoms with Gasteiger partial charge in [-0.05, 0) is 24.6 Å². The van der Waals surface area contributed by atoms with Crippen LogP contribution in [0.25, 0.3) is 0 Å². The summed E-state index contributed by atoms with van der Waals surface area (Å²) >= 11 is 1.78. The molecule has 1 aliphatic carbocycles. The Balaban J connectivity index is 2.35. The van der Waals surface area contributed by atoms with E-state index in [-0.39, 0.29) is 0 Å². The lowest BCUT2D eigenvalue weighted by molar-refractivity contribution is 0.874. The lowest BCUT2D eigenvalue weighted by Gasteiger charge is -2.06. The molecule has 0 spiro atoms. The van der Waals surface area contributed by atoms with E-state index >= 15 is 0 Å². The number of allylic oxidation sites excluding steroid dienone is 1. The molecule has 0 amide bonds. The zero-order valence-electron chi connectivity index (χ0n) is 6.32. The van der Waals surface area contributed by atoms with Gasteiger partial charge < -0.3 is 0 Å². The molecule has 0 aromatic heterocycles. The highest BCUT2D eigenvalue weighted by Crippen LogP contribution is 2.26. The van der Waals surface area contributed by atoms with E-state index in [0.717, 1.165) is 0 Å². The summed E-state index contributed by atoms with van der Waals surface area (Å²) in [5.74, 6) is 0. The van der Waals surface area contributed by atoms with Crippen LogP contribution in [0.2, 0.25) is 0 Å². The van der Waals surface area contributed by atoms with Crippen molar-refractivity contribution >= 4 is 17.3 Å². The average molecular weight is 163 g/mol. The van der Waals surface area contributed by atoms with Crippen LogP contribution in [0.5, 0.6) is 0 Å². The predicted molar refractivity (Wildman–Crippen MR) is 50.1 cm³/mol. The summed E-state index contributed by atoms with van der Waals surface area (Å²) in [5, 5.41) is 0.515. The minimum absolute atomic E-state index is 0.327. The second kappa shape index (κ2) is 2.72. The number of nitrogens with zero attached hydrogens (tertiary/aromatic N) is 1. The SMILES string of the molecule is CC1=CC2SC=NC2C=C=C1. The van der Waals surface area contributed by atoms with Crippen molar-refractivity contribution in [3.63, 3.8) is 0 Å². The van der Waals surface area contributed by atoms with E-state index in [4.69, 9.17) is 0 Å². The van der Waals surface area contributed by atoms with Crippen LogP contribution in [0.3, 0.4) is 0 Å². The van der Waals surface area contributed by atoms with Crippen molar-refractivity contribution in [3.05, 3.63) is 29.5 Å². The summed E-state index contributed by atoms with van der Waals surface area (Å²) in [6, 6.07) is 0.327. The van der Waals surface area contributed by atoms with Crippen LogP contribution >= 0.6 is 11.8 Å². The smallest absolute Gasteiger partial charge is 0.0917 e. The molecule has 2 rings (SSSR count). The molecule has 0 aromatic carbocycles. The second-order valence-electron chi connectivity index (χ2n) is 2.73. The largest absolute Gasteiger partial charge is 0.277 e. The molecule has 0 aromatic rings. The number of thioether (sulfide) groups is 1. The van der Waals surface area contributed by atoms with Gasteiger partial charge in [-0.25, -0.2) is 0 Å². The van der Waals surface area contributed by atoms with E-state index in [9.17, 15) is 0 Å². The molecule has 1 nitrogen and oxygen atoms in total. The second-order valence-corrected chi connectivity index (χ2v) is 3.76. The van der Waals surface area contributed by atoms with Gasteiger partial charge in [0.2, 0.25) is 0 Å². The zero-order valence-corrected chi connectivity index (χ0v) is 7.14. The van der Waals surface area contributed by atoms with Crippen LogP contribution in [0.4, 0.5) is 0 Å². The zero-order chi connectivity index (χ0) is 7.68. The van der Waals surface area contributed by atoms with Gasteiger partial charge in [0.1, 0.15) is 0 Å². The third-order valence-electron chi connectivity index (χ3n) is 1.79. The van der Waals surface area contributed by atoms with Crippen molar-refractivity contribution in [1.82, 2.24) is 0 Å². The van der Waals surface area contributed by atoms with Crippen LogP contribution in [0.15, 0.2) is 34.5 Å². The molecule has 56 valence electrons. The monoisotopic (exact) mass is 163 g/mol. The van der Waals surface area contributed by atoms with Crippen molar-refractivity contribution in [1.29, 1.82) is 0 Å². The Morgan fingerprint density at radius 2 is 2.55 bits per heavy atom. The Kier molecular flexibility index (Phi) is 1.72. The Hall–Kier alpha value is -0.720. The predicted octanol–water partition coefficient (Wildman–Crippen LogP) is 2.17. The van der Waals surface area contributed by atoms with E-state index in [1.165, 1.54) is 5.57 Å². The van der Waals surface area contributed by atoms with Gasteiger partial charge in [-0.2, -0.15) is 0 Å². The van der Waals surface area contributed by atoms with Gasteiger partial charge in [-0.15, -0.1) is 17.5 Å². The first-order valence-electron chi connectivity index (χ1n) is 3.64. The molecule has 2 unspecified atom stereocenters. The van der Waals surface area contributed by atoms with Gasteiger partial charge in [-0.1, -0.05) is 6.08 Å². The highest BCUT2D eigenvalue weighted by molar-refractivity contribution is 8.13. The fraction of sp³-hybridized carbons (Fsp3) is 0.333. The minimum Gasteiger partial charge on any atom is -0.277 e. The number of hydrogen-bond donors (Lipinski definition) is 0. The molecule has 0 saturated heterocycles. The Morgan fingerprint density at radius 1 is 1.64 bits per heavy atom. The van der Waals surface area contributed by atoms with E-state index in [1.54, 1.807) is 11.8 Å². The Morgan fingerprint density at radius 3 is 3.45 bits per heavy atom. The molecule has 0 saturated carbocycles. The molecule has 0 bridgehead atoms. The molecule has 0 fully saturated rings. The third-order valence-corrected chi connectivity index (χ3v) is 2.77. The van der Waals surface area contributed by atoms with Crippen LogP contribution < -0.4 is 0 Å². The van der Waals surface area contributed by atoms with Gasteiger partial charge in [0.25, 0.3) is 0 Å². The van der Waals surface area contributed by atoms with Crippen molar-refractivity contribution in [2.45, 2.75) is 18.2 Å². The number of aliphatic imine (C=N–C) groups is 1. The van der Waals surface area contributed by atoms with Crippen LogP contribution in [0, 0.1) is 0 Å². The number of rotatable bonds is 0. The average Bonchev–Trinajstić information content (AvgIpc) is 2.31. The molecule has 2 atom stereocenters. The Labute approximate surface area is 70.6 Å². The summed E-state index contributed by atoms with van der Waals surface area (Å²) in [6.07, 6.45) is 6.29. The fourth-order valence-corrected chi connectivity index (χ4v) is 2.16. The highest BCUT2D eigenvalue weighted by atomic mass is 32.2. The summed E-state index contributed by atoms with van der Waals surface area (Å²) in [5.41, 5.74) is 6.34. The first-order valence-corrected chi connectivity index (χ1v) is 4.59. The normalized spacial score (nSPS) is 33.4. The topological polar surface area (TPSA) is 12.4 Å². The van der Waals surface area contributed by atoms with Crippen LogP contribution in [0.1, 0.15) is 6.92 Å². The fourth-order valence-electron chi connectivity index (χ4n) is 1.20. The quantitative estimate of drug-likeness (QED) is 0.498. The summed E-state index contributed by atoms with van der Waals surface area (Å²) in [4.78, 5) is 4.31. The number of fused-ring (bicyclic) bond motifs is 1. The summed E-state index contributed by atoms with van der Waals surface area (Å²) in [6.45, 7) is 2.10. The maximum atomic E-state index is 4.31. The maximum absolute atomic E-state index is 4.31. The first-order chi connectivity index (χ1) is 5.36. The van der Waals surface area contributed by atoms with Gasteiger partial charge in [0.15, 0.2) is 0 Å². The van der Waals surface area contributed by atoms with Crippen molar-refractivity contribution in [2.24, 2.45) is 4.99 Å². The molecule has 2 heteroatoms. The minimum atomic E-state index is 0.327. The van der Waals surface area contributed by atoms with Crippen molar-refractivity contribution in [2.75, 3.05) is 0 Å². The maximum Gasteiger partial charge on any atom is 0.0917 e. The van der Waals surface area contributed by atoms with E-state index in [2.05, 4.69) is 23.7 Å². The van der Waals surface area contributed by atoms with Crippen molar-refractivity contribution < 1.29 is 0 Å². The highest BCUT2D eigenvalue weighted by Gasteiger charge is 2.21. The molecule has 11 heavy (non-hydrogen) atoms. The molecular weight excluding hydrogens is 154 g/mol. The lowest BCUT2D eigenvalue weighted by atomic mass is 10.2. The van der Waals surface area contributed by atoms with Gasteiger partial charge in [0, 0.05) is 0 Å². The van der Waals surface area contributed by atoms with E-state index in [1.807, 2.05) is 17.7 Å². The van der Waals surface area contributed by atoms with E-state index in [0.29, 0.717) is 11.3 Å². The lowest BCUT2D eigenvalue weighted by Crippen LogP contribution is -2.10. The molecular formula is C9H9NS. The summed E-state index contributed by atoms with van der Waals surface area (Å²) < 4.78 is 0. The summed E-state index contributed by atoms with van der Waals surface area (Å²) in [7, 11) is 0. The molecule has 0 N–H and O–H groups in total. The third kappa shape index (κ3) is 1.32. The van der Waals surface area contributed by atoms with Gasteiger partial charge >= 0.3 is 0 Å². The molecule has 0 radical (unpaired) electrons. The van der Waals surface area contributed by atoms with E-state index < -0.39 is 0 Å². The van der Waals surface area contributed by atoms with Crippen LogP contribution in [-0.4, -0.2) is 16.8 Å². The Bertz CT molecular complexity index is 282. The number of hydrogen-bond acceptors (Lipinski definition) is 2. The first kappa shape index (κ1) is 6.96. The van der Waals surface area contributed by atoms with Crippen molar-refractivity contribution in [3.8, 4) is 0 Å². The molecule has 2 aliphatic rings.